The molecule has 0 bridgehead atoms. The molecular formula is C15H19N3O3. The Balaban J connectivity index is 1.96. The molecule has 3 N–H and O–H groups in total. The third-order valence-electron chi connectivity index (χ3n) is 3.06. The van der Waals surface area contributed by atoms with E-state index in [-0.39, 0.29) is 5.91 Å². The van der Waals surface area contributed by atoms with Gasteiger partial charge in [-0.15, -0.1) is 0 Å². The topological polar surface area (TPSA) is 80.7 Å². The van der Waals surface area contributed by atoms with Crippen molar-refractivity contribution in [2.24, 2.45) is 5.84 Å². The summed E-state index contributed by atoms with van der Waals surface area (Å²) in [6, 6.07) is 9.58. The minimum Gasteiger partial charge on any atom is -0.497 e. The minimum atomic E-state index is -0.361. The van der Waals surface area contributed by atoms with E-state index in [1.165, 1.54) is 6.26 Å². The van der Waals surface area contributed by atoms with Crippen molar-refractivity contribution >= 4 is 5.91 Å². The van der Waals surface area contributed by atoms with Crippen LogP contribution in [0.1, 0.15) is 21.7 Å². The molecule has 1 amide bonds. The molecule has 21 heavy (non-hydrogen) atoms. The monoisotopic (exact) mass is 289 g/mol. The maximum absolute atomic E-state index is 11.4. The number of hydrazine groups is 1. The molecular weight excluding hydrogens is 270 g/mol. The van der Waals surface area contributed by atoms with Crippen molar-refractivity contribution in [3.05, 3.63) is 53.5 Å². The molecule has 0 spiro atoms. The summed E-state index contributed by atoms with van der Waals surface area (Å²) in [6.45, 7) is 1.34. The van der Waals surface area contributed by atoms with Gasteiger partial charge in [0.1, 0.15) is 17.8 Å². The first-order chi connectivity index (χ1) is 10.1. The average molecular weight is 289 g/mol. The normalized spacial score (nSPS) is 10.7. The molecule has 2 rings (SSSR count). The van der Waals surface area contributed by atoms with Crippen LogP contribution in [0.25, 0.3) is 0 Å². The van der Waals surface area contributed by atoms with Crippen LogP contribution in [0, 0.1) is 0 Å². The number of methoxy groups -OCH3 is 1. The van der Waals surface area contributed by atoms with Gasteiger partial charge in [0.2, 0.25) is 0 Å². The molecule has 0 unspecified atom stereocenters. The lowest BCUT2D eigenvalue weighted by Crippen LogP contribution is -2.29. The number of nitrogens with one attached hydrogen (secondary N) is 1. The van der Waals surface area contributed by atoms with Crippen molar-refractivity contribution in [2.45, 2.75) is 13.1 Å². The summed E-state index contributed by atoms with van der Waals surface area (Å²) in [6.07, 6.45) is 1.40. The van der Waals surface area contributed by atoms with Crippen LogP contribution in [0.5, 0.6) is 5.75 Å². The Morgan fingerprint density at radius 3 is 2.90 bits per heavy atom. The Kier molecular flexibility index (Phi) is 4.97. The van der Waals surface area contributed by atoms with Crippen LogP contribution in [0.3, 0.4) is 0 Å². The second-order valence-electron chi connectivity index (χ2n) is 4.80. The van der Waals surface area contributed by atoms with Crippen molar-refractivity contribution in [3.63, 3.8) is 0 Å². The summed E-state index contributed by atoms with van der Waals surface area (Å²) in [5.41, 5.74) is 3.63. The third kappa shape index (κ3) is 4.08. The lowest BCUT2D eigenvalue weighted by Gasteiger charge is -2.15. The molecule has 1 heterocycles. The lowest BCUT2D eigenvalue weighted by atomic mass is 10.2. The maximum atomic E-state index is 11.4. The van der Waals surface area contributed by atoms with Crippen LogP contribution in [-0.2, 0) is 13.1 Å². The van der Waals surface area contributed by atoms with Gasteiger partial charge >= 0.3 is 0 Å². The lowest BCUT2D eigenvalue weighted by molar-refractivity contribution is 0.0953. The summed E-state index contributed by atoms with van der Waals surface area (Å²) in [7, 11) is 3.63. The highest BCUT2D eigenvalue weighted by molar-refractivity contribution is 5.93. The standard InChI is InChI=1S/C15H19N3O3/c1-18(8-11-4-3-5-13(6-11)20-2)9-14-7-12(10-21-14)15(19)17-16/h3-7,10H,8-9,16H2,1-2H3,(H,17,19). The van der Waals surface area contributed by atoms with Gasteiger partial charge in [-0.1, -0.05) is 12.1 Å². The van der Waals surface area contributed by atoms with Crippen LogP contribution >= 0.6 is 0 Å². The minimum absolute atomic E-state index is 0.361. The quantitative estimate of drug-likeness (QED) is 0.479. The van der Waals surface area contributed by atoms with Crippen LogP contribution < -0.4 is 16.0 Å². The Bertz CT molecular complexity index is 610. The number of amides is 1. The second-order valence-corrected chi connectivity index (χ2v) is 4.80. The first kappa shape index (κ1) is 15.1. The van der Waals surface area contributed by atoms with Gasteiger partial charge in [0, 0.05) is 6.54 Å². The first-order valence-electron chi connectivity index (χ1n) is 6.52. The summed E-state index contributed by atoms with van der Waals surface area (Å²) in [4.78, 5) is 13.4. The largest absolute Gasteiger partial charge is 0.497 e. The van der Waals surface area contributed by atoms with E-state index in [1.807, 2.05) is 31.3 Å². The fourth-order valence-electron chi connectivity index (χ4n) is 2.07. The Morgan fingerprint density at radius 1 is 1.38 bits per heavy atom. The first-order valence-corrected chi connectivity index (χ1v) is 6.52. The molecule has 0 fully saturated rings. The predicted molar refractivity (Wildman–Crippen MR) is 78.5 cm³/mol. The number of carbonyl (C=O) groups excluding carboxylic acids is 1. The maximum Gasteiger partial charge on any atom is 0.268 e. The van der Waals surface area contributed by atoms with E-state index in [1.54, 1.807) is 13.2 Å². The molecule has 0 atom stereocenters. The smallest absolute Gasteiger partial charge is 0.268 e. The number of nitrogens with zero attached hydrogens (tertiary/aromatic N) is 1. The number of ether oxygens (including phenoxy) is 1. The molecule has 0 radical (unpaired) electrons. The molecule has 6 nitrogen and oxygen atoms in total. The molecule has 6 heteroatoms. The number of nitrogens with two attached hydrogens (primary N) is 1. The van der Waals surface area contributed by atoms with Crippen molar-refractivity contribution in [2.75, 3.05) is 14.2 Å². The molecule has 0 saturated carbocycles. The summed E-state index contributed by atoms with van der Waals surface area (Å²) in [5.74, 6) is 6.26. The third-order valence-corrected chi connectivity index (χ3v) is 3.06. The SMILES string of the molecule is COc1cccc(CN(C)Cc2cc(C(=O)NN)co2)c1. The molecule has 1 aromatic carbocycles. The molecule has 1 aromatic heterocycles. The number of hydrogen-bond donors (Lipinski definition) is 2. The highest BCUT2D eigenvalue weighted by Crippen LogP contribution is 2.16. The summed E-state index contributed by atoms with van der Waals surface area (Å²) in [5, 5.41) is 0. The zero-order valence-corrected chi connectivity index (χ0v) is 12.1. The Labute approximate surface area is 123 Å². The fourth-order valence-corrected chi connectivity index (χ4v) is 2.07. The second kappa shape index (κ2) is 6.92. The molecule has 112 valence electrons. The van der Waals surface area contributed by atoms with Crippen LogP contribution in [0.4, 0.5) is 0 Å². The van der Waals surface area contributed by atoms with Gasteiger partial charge in [-0.05, 0) is 30.8 Å². The van der Waals surface area contributed by atoms with E-state index < -0.39 is 0 Å². The highest BCUT2D eigenvalue weighted by Gasteiger charge is 2.10. The van der Waals surface area contributed by atoms with Crippen molar-refractivity contribution in [3.8, 4) is 5.75 Å². The number of furan rings is 1. The van der Waals surface area contributed by atoms with Crippen LogP contribution in [-0.4, -0.2) is 25.0 Å². The summed E-state index contributed by atoms with van der Waals surface area (Å²) >= 11 is 0. The van der Waals surface area contributed by atoms with Gasteiger partial charge in [0.05, 0.1) is 19.2 Å². The predicted octanol–water partition coefficient (Wildman–Crippen LogP) is 1.52. The van der Waals surface area contributed by atoms with Gasteiger partial charge in [-0.3, -0.25) is 15.1 Å². The van der Waals surface area contributed by atoms with Gasteiger partial charge in [-0.25, -0.2) is 5.84 Å². The van der Waals surface area contributed by atoms with E-state index >= 15 is 0 Å². The zero-order chi connectivity index (χ0) is 15.2. The van der Waals surface area contributed by atoms with Gasteiger partial charge in [0.15, 0.2) is 0 Å². The Morgan fingerprint density at radius 2 is 2.19 bits per heavy atom. The fraction of sp³-hybridized carbons (Fsp3) is 0.267. The van der Waals surface area contributed by atoms with Crippen LogP contribution in [0.2, 0.25) is 0 Å². The van der Waals surface area contributed by atoms with Gasteiger partial charge < -0.3 is 9.15 Å². The van der Waals surface area contributed by atoms with Gasteiger partial charge in [-0.2, -0.15) is 0 Å². The molecule has 0 aliphatic rings. The van der Waals surface area contributed by atoms with E-state index in [9.17, 15) is 4.79 Å². The highest BCUT2D eigenvalue weighted by atomic mass is 16.5. The molecule has 0 aliphatic heterocycles. The number of nitrogen functional groups attached to an aromatic ring is 1. The number of hydrogen-bond acceptors (Lipinski definition) is 5. The molecule has 2 aromatic rings. The number of carbonyl (C=O) groups is 1. The van der Waals surface area contributed by atoms with E-state index in [0.29, 0.717) is 17.9 Å². The zero-order valence-electron chi connectivity index (χ0n) is 12.1. The van der Waals surface area contributed by atoms with E-state index in [2.05, 4.69) is 10.3 Å². The van der Waals surface area contributed by atoms with Crippen molar-refractivity contribution in [1.29, 1.82) is 0 Å². The molecule has 0 aliphatic carbocycles. The van der Waals surface area contributed by atoms with Gasteiger partial charge in [0.25, 0.3) is 5.91 Å². The number of benzene rings is 1. The van der Waals surface area contributed by atoms with E-state index in [0.717, 1.165) is 17.9 Å². The molecule has 0 saturated heterocycles. The van der Waals surface area contributed by atoms with Crippen molar-refractivity contribution < 1.29 is 13.9 Å². The van der Waals surface area contributed by atoms with Crippen LogP contribution in [0.15, 0.2) is 41.0 Å². The number of rotatable bonds is 6. The average Bonchev–Trinajstić information content (AvgIpc) is 2.94. The summed E-state index contributed by atoms with van der Waals surface area (Å²) < 4.78 is 10.6. The van der Waals surface area contributed by atoms with E-state index in [4.69, 9.17) is 15.0 Å². The van der Waals surface area contributed by atoms with Crippen molar-refractivity contribution in [1.82, 2.24) is 10.3 Å². The Hall–Kier alpha value is -2.31.